The fourth-order valence-electron chi connectivity index (χ4n) is 2.99. The SMILES string of the molecule is NC(=O)c1ccc(CNC2CCCc3ccccc32)cc1. The normalized spacial score (nSPS) is 17.2. The van der Waals surface area contributed by atoms with Crippen molar-refractivity contribution >= 4 is 5.91 Å². The van der Waals surface area contributed by atoms with Crippen LogP contribution in [0.4, 0.5) is 0 Å². The Morgan fingerprint density at radius 2 is 1.90 bits per heavy atom. The van der Waals surface area contributed by atoms with Crippen LogP contribution in [0, 0.1) is 0 Å². The molecule has 1 amide bonds. The van der Waals surface area contributed by atoms with Gasteiger partial charge in [0, 0.05) is 18.2 Å². The Kier molecular flexibility index (Phi) is 4.02. The van der Waals surface area contributed by atoms with Gasteiger partial charge < -0.3 is 11.1 Å². The van der Waals surface area contributed by atoms with Crippen molar-refractivity contribution in [2.75, 3.05) is 0 Å². The van der Waals surface area contributed by atoms with Crippen molar-refractivity contribution < 1.29 is 4.79 Å². The third-order valence-electron chi connectivity index (χ3n) is 4.16. The zero-order valence-electron chi connectivity index (χ0n) is 12.0. The molecule has 3 nitrogen and oxygen atoms in total. The number of primary amides is 1. The molecule has 3 rings (SSSR count). The lowest BCUT2D eigenvalue weighted by molar-refractivity contribution is 0.100. The van der Waals surface area contributed by atoms with Crippen LogP contribution in [0.15, 0.2) is 48.5 Å². The number of benzene rings is 2. The summed E-state index contributed by atoms with van der Waals surface area (Å²) in [6, 6.07) is 16.6. The lowest BCUT2D eigenvalue weighted by Crippen LogP contribution is -2.24. The average molecular weight is 280 g/mol. The van der Waals surface area contributed by atoms with Crippen LogP contribution < -0.4 is 11.1 Å². The van der Waals surface area contributed by atoms with Crippen LogP contribution in [-0.2, 0) is 13.0 Å². The summed E-state index contributed by atoms with van der Waals surface area (Å²) in [4.78, 5) is 11.1. The van der Waals surface area contributed by atoms with E-state index in [1.54, 1.807) is 12.1 Å². The summed E-state index contributed by atoms with van der Waals surface area (Å²) < 4.78 is 0. The molecule has 3 N–H and O–H groups in total. The minimum atomic E-state index is -0.379. The lowest BCUT2D eigenvalue weighted by atomic mass is 9.87. The van der Waals surface area contributed by atoms with Gasteiger partial charge in [-0.2, -0.15) is 0 Å². The fraction of sp³-hybridized carbons (Fsp3) is 0.278. The zero-order chi connectivity index (χ0) is 14.7. The molecule has 0 spiro atoms. The Bertz CT molecular complexity index is 634. The van der Waals surface area contributed by atoms with E-state index in [4.69, 9.17) is 5.73 Å². The summed E-state index contributed by atoms with van der Waals surface area (Å²) in [7, 11) is 0. The second-order valence-electron chi connectivity index (χ2n) is 5.59. The molecule has 0 aliphatic heterocycles. The van der Waals surface area contributed by atoms with Crippen molar-refractivity contribution in [2.45, 2.75) is 31.8 Å². The van der Waals surface area contributed by atoms with Crippen LogP contribution in [0.2, 0.25) is 0 Å². The first-order chi connectivity index (χ1) is 10.2. The number of aryl methyl sites for hydroxylation is 1. The van der Waals surface area contributed by atoms with Gasteiger partial charge in [-0.05, 0) is 48.1 Å². The molecule has 0 fully saturated rings. The summed E-state index contributed by atoms with van der Waals surface area (Å²) in [5, 5.41) is 3.63. The average Bonchev–Trinajstić information content (AvgIpc) is 2.53. The van der Waals surface area contributed by atoms with Crippen molar-refractivity contribution in [1.29, 1.82) is 0 Å². The van der Waals surface area contributed by atoms with Gasteiger partial charge in [0.2, 0.25) is 5.91 Å². The Morgan fingerprint density at radius 1 is 1.14 bits per heavy atom. The van der Waals surface area contributed by atoms with E-state index in [0.717, 1.165) is 6.54 Å². The monoisotopic (exact) mass is 280 g/mol. The van der Waals surface area contributed by atoms with Crippen molar-refractivity contribution in [3.8, 4) is 0 Å². The smallest absolute Gasteiger partial charge is 0.248 e. The molecule has 108 valence electrons. The molecule has 1 atom stereocenters. The number of hydrogen-bond acceptors (Lipinski definition) is 2. The number of nitrogens with two attached hydrogens (primary N) is 1. The number of fused-ring (bicyclic) bond motifs is 1. The van der Waals surface area contributed by atoms with Gasteiger partial charge in [-0.25, -0.2) is 0 Å². The van der Waals surface area contributed by atoms with E-state index in [0.29, 0.717) is 11.6 Å². The quantitative estimate of drug-likeness (QED) is 0.904. The lowest BCUT2D eigenvalue weighted by Gasteiger charge is -2.26. The predicted octanol–water partition coefficient (Wildman–Crippen LogP) is 2.95. The maximum absolute atomic E-state index is 11.1. The van der Waals surface area contributed by atoms with E-state index in [1.165, 1.54) is 36.0 Å². The van der Waals surface area contributed by atoms with Crippen molar-refractivity contribution in [3.63, 3.8) is 0 Å². The van der Waals surface area contributed by atoms with E-state index < -0.39 is 0 Å². The van der Waals surface area contributed by atoms with Crippen molar-refractivity contribution in [1.82, 2.24) is 5.32 Å². The van der Waals surface area contributed by atoms with E-state index in [9.17, 15) is 4.79 Å². The van der Waals surface area contributed by atoms with Gasteiger partial charge in [-0.15, -0.1) is 0 Å². The summed E-state index contributed by atoms with van der Waals surface area (Å²) in [5.74, 6) is -0.379. The molecule has 21 heavy (non-hydrogen) atoms. The van der Waals surface area contributed by atoms with Gasteiger partial charge in [0.15, 0.2) is 0 Å². The molecule has 0 radical (unpaired) electrons. The van der Waals surface area contributed by atoms with Gasteiger partial charge in [0.1, 0.15) is 0 Å². The van der Waals surface area contributed by atoms with E-state index >= 15 is 0 Å². The van der Waals surface area contributed by atoms with Gasteiger partial charge >= 0.3 is 0 Å². The fourth-order valence-corrected chi connectivity index (χ4v) is 2.99. The van der Waals surface area contributed by atoms with Crippen LogP contribution in [0.25, 0.3) is 0 Å². The number of hydrogen-bond donors (Lipinski definition) is 2. The molecule has 1 aliphatic carbocycles. The summed E-state index contributed by atoms with van der Waals surface area (Å²) in [5.41, 5.74) is 9.87. The molecule has 2 aromatic rings. The largest absolute Gasteiger partial charge is 0.366 e. The van der Waals surface area contributed by atoms with Crippen molar-refractivity contribution in [2.24, 2.45) is 5.73 Å². The first-order valence-electron chi connectivity index (χ1n) is 7.44. The minimum absolute atomic E-state index is 0.379. The number of rotatable bonds is 4. The number of carbonyl (C=O) groups excluding carboxylic acids is 1. The highest BCUT2D eigenvalue weighted by Gasteiger charge is 2.18. The highest BCUT2D eigenvalue weighted by Crippen LogP contribution is 2.29. The van der Waals surface area contributed by atoms with Gasteiger partial charge in [0.25, 0.3) is 0 Å². The summed E-state index contributed by atoms with van der Waals surface area (Å²) in [6.45, 7) is 0.804. The summed E-state index contributed by atoms with van der Waals surface area (Å²) in [6.07, 6.45) is 3.59. The van der Waals surface area contributed by atoms with Crippen LogP contribution in [0.5, 0.6) is 0 Å². The van der Waals surface area contributed by atoms with Crippen LogP contribution in [0.1, 0.15) is 45.9 Å². The number of nitrogens with one attached hydrogen (secondary N) is 1. The molecule has 0 heterocycles. The molecule has 0 saturated carbocycles. The Morgan fingerprint density at radius 3 is 2.67 bits per heavy atom. The van der Waals surface area contributed by atoms with E-state index in [2.05, 4.69) is 29.6 Å². The molecule has 0 saturated heterocycles. The minimum Gasteiger partial charge on any atom is -0.366 e. The highest BCUT2D eigenvalue weighted by molar-refractivity contribution is 5.92. The molecule has 2 aromatic carbocycles. The first kappa shape index (κ1) is 13.8. The summed E-state index contributed by atoms with van der Waals surface area (Å²) >= 11 is 0. The molecule has 1 unspecified atom stereocenters. The predicted molar refractivity (Wildman–Crippen MR) is 83.9 cm³/mol. The Labute approximate surface area is 125 Å². The van der Waals surface area contributed by atoms with Gasteiger partial charge in [-0.1, -0.05) is 36.4 Å². The standard InChI is InChI=1S/C18H20N2O/c19-18(21)15-10-8-13(9-11-15)12-20-17-7-3-5-14-4-1-2-6-16(14)17/h1-2,4,6,8-11,17,20H,3,5,7,12H2,(H2,19,21). The molecular formula is C18H20N2O. The Balaban J connectivity index is 1.67. The molecule has 0 aromatic heterocycles. The maximum atomic E-state index is 11.1. The molecule has 1 aliphatic rings. The second-order valence-corrected chi connectivity index (χ2v) is 5.59. The van der Waals surface area contributed by atoms with Crippen LogP contribution >= 0.6 is 0 Å². The second kappa shape index (κ2) is 6.10. The van der Waals surface area contributed by atoms with E-state index in [1.807, 2.05) is 12.1 Å². The zero-order valence-corrected chi connectivity index (χ0v) is 12.0. The van der Waals surface area contributed by atoms with Gasteiger partial charge in [0.05, 0.1) is 0 Å². The van der Waals surface area contributed by atoms with Crippen LogP contribution in [-0.4, -0.2) is 5.91 Å². The topological polar surface area (TPSA) is 55.1 Å². The van der Waals surface area contributed by atoms with Gasteiger partial charge in [-0.3, -0.25) is 4.79 Å². The number of carbonyl (C=O) groups is 1. The molecule has 3 heteroatoms. The molecule has 0 bridgehead atoms. The Hall–Kier alpha value is -2.13. The molecular weight excluding hydrogens is 260 g/mol. The van der Waals surface area contributed by atoms with E-state index in [-0.39, 0.29) is 5.91 Å². The maximum Gasteiger partial charge on any atom is 0.248 e. The third-order valence-corrected chi connectivity index (χ3v) is 4.16. The van der Waals surface area contributed by atoms with Crippen LogP contribution in [0.3, 0.4) is 0 Å². The number of amides is 1. The van der Waals surface area contributed by atoms with Crippen molar-refractivity contribution in [3.05, 3.63) is 70.8 Å². The third kappa shape index (κ3) is 3.14. The first-order valence-corrected chi connectivity index (χ1v) is 7.44. The highest BCUT2D eigenvalue weighted by atomic mass is 16.1.